The number of benzene rings is 2. The second-order valence-electron chi connectivity index (χ2n) is 4.20. The van der Waals surface area contributed by atoms with Gasteiger partial charge in [-0.05, 0) is 30.3 Å². The van der Waals surface area contributed by atoms with Crippen LogP contribution in [0.1, 0.15) is 16.1 Å². The molecule has 3 rings (SSSR count). The van der Waals surface area contributed by atoms with Gasteiger partial charge in [0.05, 0.1) is 27.3 Å². The van der Waals surface area contributed by atoms with E-state index in [9.17, 15) is 4.79 Å². The lowest BCUT2D eigenvalue weighted by Crippen LogP contribution is -2.05. The van der Waals surface area contributed by atoms with Crippen LogP contribution in [0.5, 0.6) is 0 Å². The molecule has 0 amide bonds. The Labute approximate surface area is 125 Å². The van der Waals surface area contributed by atoms with Gasteiger partial charge in [0.25, 0.3) is 0 Å². The molecule has 20 heavy (non-hydrogen) atoms. The van der Waals surface area contributed by atoms with Crippen molar-refractivity contribution in [2.24, 2.45) is 0 Å². The largest absolute Gasteiger partial charge is 0.287 e. The Morgan fingerprint density at radius 2 is 1.70 bits per heavy atom. The number of nitrogens with zero attached hydrogens (tertiary/aromatic N) is 2. The number of hydrogen-bond acceptors (Lipinski definition) is 3. The Morgan fingerprint density at radius 3 is 2.45 bits per heavy atom. The van der Waals surface area contributed by atoms with Crippen LogP contribution in [0, 0.1) is 0 Å². The van der Waals surface area contributed by atoms with Gasteiger partial charge in [0.15, 0.2) is 0 Å². The number of carbonyl (C=O) groups is 1. The van der Waals surface area contributed by atoms with Gasteiger partial charge in [-0.3, -0.25) is 9.78 Å². The summed E-state index contributed by atoms with van der Waals surface area (Å²) >= 11 is 11.8. The lowest BCUT2D eigenvalue weighted by atomic mass is 10.1. The first-order chi connectivity index (χ1) is 9.65. The van der Waals surface area contributed by atoms with Gasteiger partial charge >= 0.3 is 0 Å². The highest BCUT2D eigenvalue weighted by atomic mass is 35.5. The summed E-state index contributed by atoms with van der Waals surface area (Å²) in [4.78, 5) is 20.9. The van der Waals surface area contributed by atoms with Crippen molar-refractivity contribution >= 4 is 40.0 Å². The molecule has 0 radical (unpaired) electrons. The van der Waals surface area contributed by atoms with E-state index in [0.29, 0.717) is 21.1 Å². The molecule has 0 bridgehead atoms. The zero-order valence-electron chi connectivity index (χ0n) is 10.2. The summed E-state index contributed by atoms with van der Waals surface area (Å²) < 4.78 is 0. The van der Waals surface area contributed by atoms with Gasteiger partial charge < -0.3 is 0 Å². The second-order valence-corrected chi connectivity index (χ2v) is 5.02. The van der Waals surface area contributed by atoms with E-state index in [1.165, 1.54) is 12.3 Å². The van der Waals surface area contributed by atoms with Crippen molar-refractivity contribution in [3.05, 3.63) is 70.0 Å². The summed E-state index contributed by atoms with van der Waals surface area (Å²) in [6.07, 6.45) is 1.47. The van der Waals surface area contributed by atoms with E-state index in [2.05, 4.69) is 9.97 Å². The predicted octanol–water partition coefficient (Wildman–Crippen LogP) is 4.17. The minimum absolute atomic E-state index is 0.234. The van der Waals surface area contributed by atoms with Crippen LogP contribution < -0.4 is 0 Å². The van der Waals surface area contributed by atoms with Crippen molar-refractivity contribution in [2.75, 3.05) is 0 Å². The van der Waals surface area contributed by atoms with Crippen LogP contribution in [-0.2, 0) is 0 Å². The lowest BCUT2D eigenvalue weighted by molar-refractivity contribution is 0.103. The zero-order valence-corrected chi connectivity index (χ0v) is 11.7. The smallest absolute Gasteiger partial charge is 0.213 e. The van der Waals surface area contributed by atoms with Gasteiger partial charge in [0.2, 0.25) is 5.78 Å². The molecule has 2 aromatic carbocycles. The van der Waals surface area contributed by atoms with Gasteiger partial charge in [0.1, 0.15) is 5.69 Å². The Kier molecular flexibility index (Phi) is 3.38. The number of ketones is 1. The van der Waals surface area contributed by atoms with Gasteiger partial charge in [-0.2, -0.15) is 0 Å². The molecule has 0 spiro atoms. The maximum atomic E-state index is 12.3. The topological polar surface area (TPSA) is 42.9 Å². The molecular formula is C15H8Cl2N2O. The predicted molar refractivity (Wildman–Crippen MR) is 79.4 cm³/mol. The van der Waals surface area contributed by atoms with Gasteiger partial charge in [-0.25, -0.2) is 4.98 Å². The van der Waals surface area contributed by atoms with Crippen LogP contribution in [0.3, 0.4) is 0 Å². The molecule has 0 unspecified atom stereocenters. The summed E-state index contributed by atoms with van der Waals surface area (Å²) in [7, 11) is 0. The van der Waals surface area contributed by atoms with Crippen molar-refractivity contribution in [3.63, 3.8) is 0 Å². The average Bonchev–Trinajstić information content (AvgIpc) is 2.49. The van der Waals surface area contributed by atoms with Crippen LogP contribution in [0.25, 0.3) is 11.0 Å². The Hall–Kier alpha value is -1.97. The Morgan fingerprint density at radius 1 is 0.950 bits per heavy atom. The van der Waals surface area contributed by atoms with Crippen molar-refractivity contribution in [1.82, 2.24) is 9.97 Å². The molecule has 0 fully saturated rings. The summed E-state index contributed by atoms with van der Waals surface area (Å²) in [5.41, 5.74) is 2.14. The molecule has 0 saturated carbocycles. The van der Waals surface area contributed by atoms with Crippen molar-refractivity contribution in [3.8, 4) is 0 Å². The number of hydrogen-bond donors (Lipinski definition) is 0. The number of rotatable bonds is 2. The fourth-order valence-corrected chi connectivity index (χ4v) is 2.15. The SMILES string of the molecule is O=C(c1ccc(Cl)c(Cl)c1)c1cnc2ccccc2n1. The average molecular weight is 303 g/mol. The van der Waals surface area contributed by atoms with E-state index in [1.807, 2.05) is 24.3 Å². The maximum absolute atomic E-state index is 12.3. The molecule has 98 valence electrons. The first kappa shape index (κ1) is 13.0. The lowest BCUT2D eigenvalue weighted by Gasteiger charge is -2.03. The van der Waals surface area contributed by atoms with E-state index in [0.717, 1.165) is 5.52 Å². The molecule has 1 aromatic heterocycles. The molecule has 5 heteroatoms. The van der Waals surface area contributed by atoms with Crippen molar-refractivity contribution < 1.29 is 4.79 Å². The number of carbonyl (C=O) groups excluding carboxylic acids is 1. The van der Waals surface area contributed by atoms with E-state index in [1.54, 1.807) is 12.1 Å². The highest BCUT2D eigenvalue weighted by molar-refractivity contribution is 6.42. The minimum Gasteiger partial charge on any atom is -0.287 e. The first-order valence-corrected chi connectivity index (χ1v) is 6.62. The van der Waals surface area contributed by atoms with Gasteiger partial charge in [-0.15, -0.1) is 0 Å². The quantitative estimate of drug-likeness (QED) is 0.667. The molecule has 0 aliphatic carbocycles. The third-order valence-corrected chi connectivity index (χ3v) is 3.60. The minimum atomic E-state index is -0.234. The van der Waals surface area contributed by atoms with E-state index in [-0.39, 0.29) is 11.5 Å². The van der Waals surface area contributed by atoms with Crippen LogP contribution in [0.2, 0.25) is 10.0 Å². The number of fused-ring (bicyclic) bond motifs is 1. The molecule has 3 nitrogen and oxygen atoms in total. The summed E-state index contributed by atoms with van der Waals surface area (Å²) in [6, 6.07) is 12.1. The number of aromatic nitrogens is 2. The summed E-state index contributed by atoms with van der Waals surface area (Å²) in [5.74, 6) is -0.234. The molecule has 0 saturated heterocycles. The summed E-state index contributed by atoms with van der Waals surface area (Å²) in [5, 5.41) is 0.749. The molecule has 0 aliphatic rings. The van der Waals surface area contributed by atoms with Gasteiger partial charge in [-0.1, -0.05) is 35.3 Å². The number of halogens is 2. The van der Waals surface area contributed by atoms with Crippen molar-refractivity contribution in [2.45, 2.75) is 0 Å². The molecular weight excluding hydrogens is 295 g/mol. The highest BCUT2D eigenvalue weighted by Crippen LogP contribution is 2.23. The van der Waals surface area contributed by atoms with Crippen LogP contribution in [0.15, 0.2) is 48.7 Å². The van der Waals surface area contributed by atoms with Crippen molar-refractivity contribution in [1.29, 1.82) is 0 Å². The molecule has 0 aliphatic heterocycles. The molecule has 1 heterocycles. The van der Waals surface area contributed by atoms with E-state index < -0.39 is 0 Å². The van der Waals surface area contributed by atoms with E-state index in [4.69, 9.17) is 23.2 Å². The zero-order chi connectivity index (χ0) is 14.1. The molecule has 3 aromatic rings. The van der Waals surface area contributed by atoms with Crippen LogP contribution >= 0.6 is 23.2 Å². The second kappa shape index (κ2) is 5.19. The molecule has 0 N–H and O–H groups in total. The molecule has 0 atom stereocenters. The monoisotopic (exact) mass is 302 g/mol. The van der Waals surface area contributed by atoms with Gasteiger partial charge in [0, 0.05) is 5.56 Å². The number of para-hydroxylation sites is 2. The fraction of sp³-hybridized carbons (Fsp3) is 0. The van der Waals surface area contributed by atoms with Crippen LogP contribution in [0.4, 0.5) is 0 Å². The normalized spacial score (nSPS) is 10.7. The van der Waals surface area contributed by atoms with E-state index >= 15 is 0 Å². The fourth-order valence-electron chi connectivity index (χ4n) is 1.85. The Bertz CT molecular complexity index is 818. The highest BCUT2D eigenvalue weighted by Gasteiger charge is 2.13. The maximum Gasteiger partial charge on any atom is 0.213 e. The van der Waals surface area contributed by atoms with Crippen LogP contribution in [-0.4, -0.2) is 15.8 Å². The first-order valence-electron chi connectivity index (χ1n) is 5.87. The Balaban J connectivity index is 2.05. The summed E-state index contributed by atoms with van der Waals surface area (Å²) in [6.45, 7) is 0. The third-order valence-electron chi connectivity index (χ3n) is 2.86. The standard InChI is InChI=1S/C15H8Cl2N2O/c16-10-6-5-9(7-11(10)17)15(20)14-8-18-12-3-1-2-4-13(12)19-14/h1-8H. The third kappa shape index (κ3) is 2.38.